The third-order valence-corrected chi connectivity index (χ3v) is 5.14. The molecule has 1 aliphatic heterocycles. The number of carbonyl (C=O) groups excluding carboxylic acids is 1. The van der Waals surface area contributed by atoms with Crippen LogP contribution in [0.5, 0.6) is 5.75 Å². The number of amides is 1. The van der Waals surface area contributed by atoms with Gasteiger partial charge in [-0.3, -0.25) is 9.52 Å². The van der Waals surface area contributed by atoms with Gasteiger partial charge >= 0.3 is 0 Å². The van der Waals surface area contributed by atoms with Gasteiger partial charge in [0.2, 0.25) is 5.91 Å². The first-order valence-electron chi connectivity index (χ1n) is 7.63. The number of hydrogen-bond acceptors (Lipinski definition) is 4. The maximum atomic E-state index is 13.3. The topological polar surface area (TPSA) is 75.7 Å². The maximum Gasteiger partial charge on any atom is 0.261 e. The van der Waals surface area contributed by atoms with E-state index in [1.54, 1.807) is 0 Å². The normalized spacial score (nSPS) is 16.8. The van der Waals surface area contributed by atoms with Gasteiger partial charge in [-0.2, -0.15) is 0 Å². The summed E-state index contributed by atoms with van der Waals surface area (Å²) >= 11 is 0. The van der Waals surface area contributed by atoms with E-state index in [-0.39, 0.29) is 22.6 Å². The van der Waals surface area contributed by atoms with Crippen molar-refractivity contribution in [1.29, 1.82) is 0 Å². The van der Waals surface area contributed by atoms with Crippen LogP contribution >= 0.6 is 0 Å². The molecule has 1 N–H and O–H groups in total. The monoisotopic (exact) mass is 364 g/mol. The molecule has 1 amide bonds. The number of carbonyl (C=O) groups is 1. The molecular weight excluding hydrogens is 347 g/mol. The van der Waals surface area contributed by atoms with E-state index in [0.717, 1.165) is 6.07 Å². The number of ether oxygens (including phenoxy) is 1. The predicted octanol–water partition coefficient (Wildman–Crippen LogP) is 2.76. The molecule has 132 valence electrons. The number of fused-ring (bicyclic) bond motifs is 1. The van der Waals surface area contributed by atoms with Crippen molar-refractivity contribution in [3.05, 3.63) is 48.3 Å². The van der Waals surface area contributed by atoms with E-state index in [2.05, 4.69) is 4.72 Å². The zero-order chi connectivity index (χ0) is 18.2. The Kier molecular flexibility index (Phi) is 4.38. The maximum absolute atomic E-state index is 13.3. The number of rotatable bonds is 3. The Balaban J connectivity index is 1.98. The van der Waals surface area contributed by atoms with Crippen molar-refractivity contribution in [2.24, 2.45) is 0 Å². The minimum Gasteiger partial charge on any atom is -0.487 e. The quantitative estimate of drug-likeness (QED) is 0.909. The third-order valence-electron chi connectivity index (χ3n) is 3.76. The van der Waals surface area contributed by atoms with E-state index in [0.29, 0.717) is 18.0 Å². The number of anilines is 2. The van der Waals surface area contributed by atoms with Gasteiger partial charge in [0, 0.05) is 6.92 Å². The summed E-state index contributed by atoms with van der Waals surface area (Å²) in [5.41, 5.74) is 0.513. The molecule has 0 bridgehead atoms. The fourth-order valence-electron chi connectivity index (χ4n) is 2.65. The number of hydrogen-bond donors (Lipinski definition) is 1. The molecule has 0 aliphatic carbocycles. The molecular formula is C17H17FN2O4S. The zero-order valence-electron chi connectivity index (χ0n) is 13.7. The van der Waals surface area contributed by atoms with Crippen LogP contribution in [-0.4, -0.2) is 27.0 Å². The fraction of sp³-hybridized carbons (Fsp3) is 0.235. The molecule has 0 radical (unpaired) electrons. The summed E-state index contributed by atoms with van der Waals surface area (Å²) in [6.07, 6.45) is -0.190. The lowest BCUT2D eigenvalue weighted by Crippen LogP contribution is -2.41. The van der Waals surface area contributed by atoms with Crippen LogP contribution in [0.3, 0.4) is 0 Å². The standard InChI is InChI=1S/C17H17FN2O4S/c1-11-10-20(12(2)21)16-9-15(6-7-17(16)24-11)25(22,23)19-14-5-3-4-13(18)8-14/h3-9,11,19H,10H2,1-2H3. The zero-order valence-corrected chi connectivity index (χ0v) is 14.5. The largest absolute Gasteiger partial charge is 0.487 e. The predicted molar refractivity (Wildman–Crippen MR) is 91.8 cm³/mol. The van der Waals surface area contributed by atoms with Crippen LogP contribution in [-0.2, 0) is 14.8 Å². The van der Waals surface area contributed by atoms with Crippen molar-refractivity contribution in [1.82, 2.24) is 0 Å². The molecule has 2 aromatic carbocycles. The molecule has 0 saturated heterocycles. The SMILES string of the molecule is CC(=O)N1CC(C)Oc2ccc(S(=O)(=O)Nc3cccc(F)c3)cc21. The molecule has 0 saturated carbocycles. The highest BCUT2D eigenvalue weighted by atomic mass is 32.2. The molecule has 0 aromatic heterocycles. The average Bonchev–Trinajstić information content (AvgIpc) is 2.53. The average molecular weight is 364 g/mol. The van der Waals surface area contributed by atoms with E-state index < -0.39 is 15.8 Å². The van der Waals surface area contributed by atoms with Gasteiger partial charge in [0.25, 0.3) is 10.0 Å². The van der Waals surface area contributed by atoms with Gasteiger partial charge in [-0.25, -0.2) is 12.8 Å². The summed E-state index contributed by atoms with van der Waals surface area (Å²) in [5.74, 6) is -0.307. The van der Waals surface area contributed by atoms with Gasteiger partial charge in [0.15, 0.2) is 0 Å². The Morgan fingerprint density at radius 2 is 2.04 bits per heavy atom. The molecule has 2 aromatic rings. The highest BCUT2D eigenvalue weighted by Gasteiger charge is 2.27. The van der Waals surface area contributed by atoms with Crippen LogP contribution in [0.2, 0.25) is 0 Å². The first kappa shape index (κ1) is 17.2. The number of nitrogens with zero attached hydrogens (tertiary/aromatic N) is 1. The molecule has 8 heteroatoms. The first-order chi connectivity index (χ1) is 11.8. The molecule has 1 unspecified atom stereocenters. The molecule has 1 atom stereocenters. The van der Waals surface area contributed by atoms with Crippen molar-refractivity contribution in [3.63, 3.8) is 0 Å². The number of halogens is 1. The van der Waals surface area contributed by atoms with E-state index in [4.69, 9.17) is 4.74 Å². The number of nitrogens with one attached hydrogen (secondary N) is 1. The highest BCUT2D eigenvalue weighted by Crippen LogP contribution is 2.35. The second kappa shape index (κ2) is 6.36. The summed E-state index contributed by atoms with van der Waals surface area (Å²) in [7, 11) is -3.94. The fourth-order valence-corrected chi connectivity index (χ4v) is 3.72. The Morgan fingerprint density at radius 1 is 1.28 bits per heavy atom. The lowest BCUT2D eigenvalue weighted by atomic mass is 10.2. The Labute approximate surface area is 145 Å². The smallest absolute Gasteiger partial charge is 0.261 e. The van der Waals surface area contributed by atoms with Crippen LogP contribution in [0.25, 0.3) is 0 Å². The number of benzene rings is 2. The minimum atomic E-state index is -3.94. The molecule has 1 aliphatic rings. The van der Waals surface area contributed by atoms with Crippen LogP contribution in [0, 0.1) is 5.82 Å². The van der Waals surface area contributed by atoms with Crippen LogP contribution in [0.15, 0.2) is 47.4 Å². The highest BCUT2D eigenvalue weighted by molar-refractivity contribution is 7.92. The molecule has 25 heavy (non-hydrogen) atoms. The molecule has 3 rings (SSSR count). The van der Waals surface area contributed by atoms with E-state index >= 15 is 0 Å². The van der Waals surface area contributed by atoms with Crippen LogP contribution < -0.4 is 14.4 Å². The second-order valence-corrected chi connectivity index (χ2v) is 7.49. The van der Waals surface area contributed by atoms with E-state index in [9.17, 15) is 17.6 Å². The second-order valence-electron chi connectivity index (χ2n) is 5.80. The van der Waals surface area contributed by atoms with Gasteiger partial charge < -0.3 is 9.64 Å². The summed E-state index contributed by atoms with van der Waals surface area (Å²) in [4.78, 5) is 13.3. The van der Waals surface area contributed by atoms with Crippen molar-refractivity contribution in [3.8, 4) is 5.75 Å². The molecule has 0 fully saturated rings. The summed E-state index contributed by atoms with van der Waals surface area (Å²) in [6.45, 7) is 3.58. The first-order valence-corrected chi connectivity index (χ1v) is 9.12. The van der Waals surface area contributed by atoms with E-state index in [1.165, 1.54) is 48.2 Å². The van der Waals surface area contributed by atoms with Crippen molar-refractivity contribution in [2.45, 2.75) is 24.8 Å². The van der Waals surface area contributed by atoms with Crippen molar-refractivity contribution >= 4 is 27.3 Å². The molecule has 0 spiro atoms. The van der Waals surface area contributed by atoms with Crippen LogP contribution in [0.4, 0.5) is 15.8 Å². The summed E-state index contributed by atoms with van der Waals surface area (Å²) < 4.78 is 46.4. The van der Waals surface area contributed by atoms with E-state index in [1.807, 2.05) is 6.92 Å². The van der Waals surface area contributed by atoms with Crippen molar-refractivity contribution in [2.75, 3.05) is 16.2 Å². The van der Waals surface area contributed by atoms with Gasteiger partial charge in [-0.05, 0) is 43.3 Å². The minimum absolute atomic E-state index is 0.0417. The summed E-state index contributed by atoms with van der Waals surface area (Å²) in [6, 6.07) is 9.45. The molecule has 1 heterocycles. The number of sulfonamides is 1. The van der Waals surface area contributed by atoms with Gasteiger partial charge in [-0.1, -0.05) is 6.07 Å². The summed E-state index contributed by atoms with van der Waals surface area (Å²) in [5, 5.41) is 0. The third kappa shape index (κ3) is 3.58. The van der Waals surface area contributed by atoms with Gasteiger partial charge in [0.05, 0.1) is 22.8 Å². The Hall–Kier alpha value is -2.61. The van der Waals surface area contributed by atoms with Gasteiger partial charge in [-0.15, -0.1) is 0 Å². The Bertz CT molecular complexity index is 930. The Morgan fingerprint density at radius 3 is 2.72 bits per heavy atom. The lowest BCUT2D eigenvalue weighted by Gasteiger charge is -2.33. The lowest BCUT2D eigenvalue weighted by molar-refractivity contribution is -0.117. The molecule has 6 nitrogen and oxygen atoms in total. The van der Waals surface area contributed by atoms with Crippen molar-refractivity contribution < 1.29 is 22.3 Å². The van der Waals surface area contributed by atoms with Crippen LogP contribution in [0.1, 0.15) is 13.8 Å². The van der Waals surface area contributed by atoms with Gasteiger partial charge in [0.1, 0.15) is 17.7 Å².